The maximum atomic E-state index is 12.1. The van der Waals surface area contributed by atoms with Gasteiger partial charge in [-0.05, 0) is 31.2 Å². The van der Waals surface area contributed by atoms with Crippen LogP contribution in [0.3, 0.4) is 0 Å². The second-order valence-electron chi connectivity index (χ2n) is 5.22. The minimum Gasteiger partial charge on any atom is -0.462 e. The van der Waals surface area contributed by atoms with Gasteiger partial charge in [-0.1, -0.05) is 18.2 Å². The number of carbonyl (C=O) groups is 1. The lowest BCUT2D eigenvalue weighted by molar-refractivity contribution is 0.0527. The molecule has 0 unspecified atom stereocenters. The lowest BCUT2D eigenvalue weighted by Crippen LogP contribution is -2.10. The van der Waals surface area contributed by atoms with Crippen molar-refractivity contribution in [3.8, 4) is 0 Å². The average Bonchev–Trinajstić information content (AvgIpc) is 2.66. The maximum absolute atomic E-state index is 12.1. The number of hydrogen-bond donors (Lipinski definition) is 3. The van der Waals surface area contributed by atoms with Gasteiger partial charge >= 0.3 is 5.97 Å². The monoisotopic (exact) mass is 350 g/mol. The van der Waals surface area contributed by atoms with Crippen LogP contribution in [0.2, 0.25) is 0 Å². The molecule has 0 aliphatic heterocycles. The summed E-state index contributed by atoms with van der Waals surface area (Å²) in [5, 5.41) is 6.11. The molecule has 0 amide bonds. The molecule has 2 aromatic heterocycles. The molecule has 0 fully saturated rings. The zero-order valence-electron chi connectivity index (χ0n) is 14.1. The molecule has 4 N–H and O–H groups in total. The summed E-state index contributed by atoms with van der Waals surface area (Å²) in [6.45, 7) is 2.05. The first kappa shape index (κ1) is 17.2. The minimum atomic E-state index is -0.421. The molecule has 2 heterocycles. The van der Waals surface area contributed by atoms with E-state index in [1.807, 2.05) is 12.1 Å². The number of nitrogens with two attached hydrogens (primary N) is 1. The fourth-order valence-corrected chi connectivity index (χ4v) is 2.26. The van der Waals surface area contributed by atoms with Gasteiger partial charge in [0.1, 0.15) is 17.8 Å². The zero-order valence-corrected chi connectivity index (χ0v) is 14.1. The molecule has 0 spiro atoms. The van der Waals surface area contributed by atoms with E-state index in [1.54, 1.807) is 43.5 Å². The Morgan fingerprint density at radius 1 is 1.04 bits per heavy atom. The lowest BCUT2D eigenvalue weighted by atomic mass is 10.2. The van der Waals surface area contributed by atoms with Crippen LogP contribution >= 0.6 is 0 Å². The van der Waals surface area contributed by atoms with Crippen LogP contribution in [-0.4, -0.2) is 27.5 Å². The number of aromatic nitrogens is 3. The van der Waals surface area contributed by atoms with Crippen LogP contribution in [0.4, 0.5) is 28.8 Å². The van der Waals surface area contributed by atoms with Gasteiger partial charge in [-0.15, -0.1) is 0 Å². The number of nitrogens with one attached hydrogen (secondary N) is 2. The summed E-state index contributed by atoms with van der Waals surface area (Å²) >= 11 is 0. The molecule has 0 bridgehead atoms. The van der Waals surface area contributed by atoms with Gasteiger partial charge in [-0.3, -0.25) is 0 Å². The highest BCUT2D eigenvalue weighted by atomic mass is 16.5. The van der Waals surface area contributed by atoms with Gasteiger partial charge in [0.15, 0.2) is 11.6 Å². The van der Waals surface area contributed by atoms with Crippen LogP contribution in [0.5, 0.6) is 0 Å². The molecular formula is C18H18N6O2. The number of anilines is 5. The Balaban J connectivity index is 1.88. The van der Waals surface area contributed by atoms with Crippen LogP contribution in [0.25, 0.3) is 0 Å². The molecule has 3 rings (SSSR count). The Bertz CT molecular complexity index is 901. The van der Waals surface area contributed by atoms with Crippen LogP contribution in [0.15, 0.2) is 55.0 Å². The third-order valence-corrected chi connectivity index (χ3v) is 3.47. The molecule has 26 heavy (non-hydrogen) atoms. The normalized spacial score (nSPS) is 10.2. The molecule has 132 valence electrons. The number of esters is 1. The topological polar surface area (TPSA) is 115 Å². The largest absolute Gasteiger partial charge is 0.462 e. The van der Waals surface area contributed by atoms with Gasteiger partial charge in [-0.25, -0.2) is 19.7 Å². The number of nitrogens with zero attached hydrogens (tertiary/aromatic N) is 3. The fraction of sp³-hybridized carbons (Fsp3) is 0.111. The van der Waals surface area contributed by atoms with Crippen molar-refractivity contribution in [1.29, 1.82) is 0 Å². The molecule has 0 saturated heterocycles. The zero-order chi connectivity index (χ0) is 18.4. The minimum absolute atomic E-state index is 0.293. The number of carbonyl (C=O) groups excluding carboxylic acids is 1. The van der Waals surface area contributed by atoms with Gasteiger partial charge in [0.05, 0.1) is 17.9 Å². The predicted octanol–water partition coefficient (Wildman–Crippen LogP) is 3.12. The number of ether oxygens (including phenoxy) is 1. The summed E-state index contributed by atoms with van der Waals surface area (Å²) in [5.74, 6) is 0.968. The van der Waals surface area contributed by atoms with Crippen molar-refractivity contribution in [3.63, 3.8) is 0 Å². The molecule has 3 aromatic rings. The number of hydrogen-bond acceptors (Lipinski definition) is 8. The van der Waals surface area contributed by atoms with Gasteiger partial charge in [-0.2, -0.15) is 0 Å². The van der Waals surface area contributed by atoms with E-state index < -0.39 is 5.97 Å². The molecule has 8 heteroatoms. The van der Waals surface area contributed by atoms with Crippen LogP contribution in [-0.2, 0) is 4.74 Å². The van der Waals surface area contributed by atoms with Gasteiger partial charge in [0.25, 0.3) is 0 Å². The average molecular weight is 350 g/mol. The first-order valence-electron chi connectivity index (χ1n) is 8.00. The molecule has 0 saturated carbocycles. The summed E-state index contributed by atoms with van der Waals surface area (Å²) in [6, 6.07) is 12.4. The van der Waals surface area contributed by atoms with E-state index in [1.165, 1.54) is 6.33 Å². The summed E-state index contributed by atoms with van der Waals surface area (Å²) in [5.41, 5.74) is 7.41. The Hall–Kier alpha value is -3.68. The number of nitrogen functional groups attached to an aromatic ring is 1. The van der Waals surface area contributed by atoms with Crippen molar-refractivity contribution in [2.24, 2.45) is 0 Å². The highest BCUT2D eigenvalue weighted by molar-refractivity contribution is 5.97. The summed E-state index contributed by atoms with van der Waals surface area (Å²) in [7, 11) is 0. The van der Waals surface area contributed by atoms with Crippen molar-refractivity contribution < 1.29 is 9.53 Å². The third-order valence-electron chi connectivity index (χ3n) is 3.47. The number of rotatable bonds is 6. The number of pyridine rings is 1. The van der Waals surface area contributed by atoms with Crippen molar-refractivity contribution in [3.05, 3.63) is 60.6 Å². The van der Waals surface area contributed by atoms with Crippen molar-refractivity contribution in [2.75, 3.05) is 23.0 Å². The first-order chi connectivity index (χ1) is 12.7. The fourth-order valence-electron chi connectivity index (χ4n) is 2.26. The maximum Gasteiger partial charge on any atom is 0.340 e. The quantitative estimate of drug-likeness (QED) is 0.581. The van der Waals surface area contributed by atoms with E-state index >= 15 is 0 Å². The van der Waals surface area contributed by atoms with Gasteiger partial charge in [0, 0.05) is 6.20 Å². The predicted molar refractivity (Wildman–Crippen MR) is 99.6 cm³/mol. The van der Waals surface area contributed by atoms with Crippen molar-refractivity contribution >= 4 is 34.8 Å². The van der Waals surface area contributed by atoms with Crippen molar-refractivity contribution in [2.45, 2.75) is 6.92 Å². The molecule has 0 aliphatic carbocycles. The second-order valence-corrected chi connectivity index (χ2v) is 5.22. The summed E-state index contributed by atoms with van der Waals surface area (Å²) < 4.78 is 5.08. The highest BCUT2D eigenvalue weighted by Crippen LogP contribution is 2.29. The van der Waals surface area contributed by atoms with E-state index in [4.69, 9.17) is 10.5 Å². The first-order valence-corrected chi connectivity index (χ1v) is 8.00. The summed E-state index contributed by atoms with van der Waals surface area (Å²) in [6.07, 6.45) is 3.03. The standard InChI is InChI=1S/C18H18N6O2/c1-2-26-18(25)12-7-3-4-8-13(12)23-16-15(19)17(22-11-21-16)24-14-9-5-6-10-20-14/h3-11H,2,19H2,1H3,(H2,20,21,22,23,24). The van der Waals surface area contributed by atoms with Crippen LogP contribution < -0.4 is 16.4 Å². The lowest BCUT2D eigenvalue weighted by Gasteiger charge is -2.14. The van der Waals surface area contributed by atoms with Crippen molar-refractivity contribution in [1.82, 2.24) is 15.0 Å². The van der Waals surface area contributed by atoms with E-state index in [2.05, 4.69) is 25.6 Å². The Kier molecular flexibility index (Phi) is 5.23. The Morgan fingerprint density at radius 3 is 2.50 bits per heavy atom. The number of benzene rings is 1. The number of para-hydroxylation sites is 1. The van der Waals surface area contributed by atoms with Crippen LogP contribution in [0, 0.1) is 0 Å². The SMILES string of the molecule is CCOC(=O)c1ccccc1Nc1ncnc(Nc2ccccn2)c1N. The van der Waals surface area contributed by atoms with E-state index in [0.29, 0.717) is 41.0 Å². The van der Waals surface area contributed by atoms with Gasteiger partial charge < -0.3 is 21.1 Å². The summed E-state index contributed by atoms with van der Waals surface area (Å²) in [4.78, 5) is 24.6. The molecular weight excluding hydrogens is 332 g/mol. The molecule has 0 atom stereocenters. The molecule has 1 aromatic carbocycles. The van der Waals surface area contributed by atoms with E-state index in [0.717, 1.165) is 0 Å². The molecule has 0 aliphatic rings. The molecule has 0 radical (unpaired) electrons. The Labute approximate surface area is 150 Å². The molecule has 8 nitrogen and oxygen atoms in total. The second kappa shape index (κ2) is 7.93. The highest BCUT2D eigenvalue weighted by Gasteiger charge is 2.15. The van der Waals surface area contributed by atoms with Crippen LogP contribution in [0.1, 0.15) is 17.3 Å². The van der Waals surface area contributed by atoms with E-state index in [-0.39, 0.29) is 0 Å². The third kappa shape index (κ3) is 3.86. The van der Waals surface area contributed by atoms with E-state index in [9.17, 15) is 4.79 Å². The smallest absolute Gasteiger partial charge is 0.340 e. The Morgan fingerprint density at radius 2 is 1.77 bits per heavy atom. The van der Waals surface area contributed by atoms with Gasteiger partial charge in [0.2, 0.25) is 0 Å².